The van der Waals surface area contributed by atoms with Gasteiger partial charge >= 0.3 is 0 Å². The van der Waals surface area contributed by atoms with Crippen LogP contribution in [0, 0.1) is 5.92 Å². The van der Waals surface area contributed by atoms with Gasteiger partial charge < -0.3 is 9.88 Å². The van der Waals surface area contributed by atoms with Crippen molar-refractivity contribution in [2.45, 2.75) is 64.2 Å². The Bertz CT molecular complexity index is 1080. The van der Waals surface area contributed by atoms with Crippen molar-refractivity contribution in [3.8, 4) is 11.1 Å². The largest absolute Gasteiger partial charge is 0.361 e. The Kier molecular flexibility index (Phi) is 8.36. The molecule has 0 atom stereocenters. The Balaban J connectivity index is 1.43. The monoisotopic (exact) mass is 461 g/mol. The molecule has 1 aliphatic carbocycles. The van der Waals surface area contributed by atoms with Crippen molar-refractivity contribution in [2.24, 2.45) is 5.92 Å². The summed E-state index contributed by atoms with van der Waals surface area (Å²) in [5, 5.41) is 9.80. The number of hydrogen-bond acceptors (Lipinski definition) is 3. The van der Waals surface area contributed by atoms with Gasteiger partial charge in [0.25, 0.3) is 0 Å². The summed E-state index contributed by atoms with van der Waals surface area (Å²) in [6.45, 7) is 0.690. The van der Waals surface area contributed by atoms with Crippen LogP contribution in [0.3, 0.4) is 0 Å². The number of hydrogen-bond donors (Lipinski definition) is 3. The molecule has 0 radical (unpaired) electrons. The predicted octanol–water partition coefficient (Wildman–Crippen LogP) is 6.20. The molecule has 34 heavy (non-hydrogen) atoms. The minimum Gasteiger partial charge on any atom is -0.361 e. The molecule has 0 aliphatic heterocycles. The lowest BCUT2D eigenvalue weighted by Crippen LogP contribution is -2.37. The maximum absolute atomic E-state index is 13.5. The van der Waals surface area contributed by atoms with Crippen molar-refractivity contribution in [1.82, 2.24) is 10.5 Å². The molecule has 0 bridgehead atoms. The van der Waals surface area contributed by atoms with Gasteiger partial charge in [0.05, 0.1) is 0 Å². The lowest BCUT2D eigenvalue weighted by molar-refractivity contribution is -0.129. The number of carbonyl (C=O) groups excluding carboxylic acids is 2. The van der Waals surface area contributed by atoms with Crippen LogP contribution in [0.2, 0.25) is 0 Å². The van der Waals surface area contributed by atoms with Crippen LogP contribution in [0.4, 0.5) is 5.69 Å². The maximum Gasteiger partial charge on any atom is 0.243 e. The zero-order valence-electron chi connectivity index (χ0n) is 19.8. The minimum atomic E-state index is -0.343. The smallest absolute Gasteiger partial charge is 0.243 e. The number of aromatic nitrogens is 1. The van der Waals surface area contributed by atoms with E-state index in [1.54, 1.807) is 5.48 Å². The molecule has 180 valence electrons. The Morgan fingerprint density at radius 1 is 0.912 bits per heavy atom. The molecule has 0 spiro atoms. The molecule has 6 heteroatoms. The Labute approximate surface area is 201 Å². The van der Waals surface area contributed by atoms with Crippen LogP contribution >= 0.6 is 0 Å². The molecular formula is C28H35N3O3. The minimum absolute atomic E-state index is 0.122. The number of nitrogens with one attached hydrogen (secondary N) is 2. The number of anilines is 1. The molecule has 6 nitrogen and oxygen atoms in total. The van der Waals surface area contributed by atoms with Crippen LogP contribution < -0.4 is 10.4 Å². The second-order valence-electron chi connectivity index (χ2n) is 9.35. The van der Waals surface area contributed by atoms with Crippen molar-refractivity contribution in [2.75, 3.05) is 11.4 Å². The summed E-state index contributed by atoms with van der Waals surface area (Å²) >= 11 is 0. The first-order chi connectivity index (χ1) is 16.7. The van der Waals surface area contributed by atoms with Crippen LogP contribution in [0.5, 0.6) is 0 Å². The maximum atomic E-state index is 13.5. The van der Waals surface area contributed by atoms with Crippen LogP contribution in [-0.4, -0.2) is 28.6 Å². The van der Waals surface area contributed by atoms with Crippen molar-refractivity contribution >= 4 is 28.4 Å². The van der Waals surface area contributed by atoms with Crippen molar-refractivity contribution in [3.05, 3.63) is 54.7 Å². The third-order valence-electron chi connectivity index (χ3n) is 6.95. The van der Waals surface area contributed by atoms with E-state index in [2.05, 4.69) is 53.5 Å². The fourth-order valence-electron chi connectivity index (χ4n) is 4.96. The number of H-pyrrole nitrogens is 1. The second-order valence-corrected chi connectivity index (χ2v) is 9.35. The second kappa shape index (κ2) is 11.8. The van der Waals surface area contributed by atoms with Gasteiger partial charge in [0.2, 0.25) is 11.8 Å². The zero-order valence-corrected chi connectivity index (χ0v) is 19.8. The fraction of sp³-hybridized carbons (Fsp3) is 0.429. The number of nitrogens with zero attached hydrogens (tertiary/aromatic N) is 1. The summed E-state index contributed by atoms with van der Waals surface area (Å²) in [5.41, 5.74) is 6.04. The molecule has 1 aliphatic rings. The number of aromatic amines is 1. The van der Waals surface area contributed by atoms with Crippen molar-refractivity contribution < 1.29 is 14.8 Å². The van der Waals surface area contributed by atoms with Gasteiger partial charge in [-0.05, 0) is 66.5 Å². The number of amides is 2. The first-order valence-corrected chi connectivity index (χ1v) is 12.6. The highest BCUT2D eigenvalue weighted by molar-refractivity contribution is 5.95. The van der Waals surface area contributed by atoms with E-state index >= 15 is 0 Å². The molecule has 1 saturated carbocycles. The number of benzene rings is 2. The van der Waals surface area contributed by atoms with Gasteiger partial charge in [-0.2, -0.15) is 0 Å². The SMILES string of the molecule is O=C(CCCCCCN(C(=O)C1CCCCC1)c1ccc(-c2ccc3cc[nH]c3c2)cc1)NO. The van der Waals surface area contributed by atoms with Crippen LogP contribution in [0.15, 0.2) is 54.7 Å². The van der Waals surface area contributed by atoms with E-state index in [9.17, 15) is 9.59 Å². The van der Waals surface area contributed by atoms with E-state index in [4.69, 9.17) is 5.21 Å². The molecule has 2 amide bonds. The summed E-state index contributed by atoms with van der Waals surface area (Å²) in [6, 6.07) is 16.8. The Morgan fingerprint density at radius 2 is 1.65 bits per heavy atom. The van der Waals surface area contributed by atoms with Crippen LogP contribution in [-0.2, 0) is 9.59 Å². The van der Waals surface area contributed by atoms with Gasteiger partial charge in [0.15, 0.2) is 0 Å². The highest BCUT2D eigenvalue weighted by Crippen LogP contribution is 2.30. The molecule has 4 rings (SSSR count). The van der Waals surface area contributed by atoms with Gasteiger partial charge in [-0.1, -0.05) is 56.4 Å². The lowest BCUT2D eigenvalue weighted by Gasteiger charge is -2.29. The number of fused-ring (bicyclic) bond motifs is 1. The molecule has 1 heterocycles. The summed E-state index contributed by atoms with van der Waals surface area (Å²) in [5.74, 6) is 0.0292. The number of carbonyl (C=O) groups is 2. The van der Waals surface area contributed by atoms with E-state index in [0.29, 0.717) is 13.0 Å². The lowest BCUT2D eigenvalue weighted by atomic mass is 9.88. The summed E-state index contributed by atoms with van der Waals surface area (Å²) in [7, 11) is 0. The highest BCUT2D eigenvalue weighted by Gasteiger charge is 2.26. The normalized spacial score (nSPS) is 14.3. The van der Waals surface area contributed by atoms with Crippen molar-refractivity contribution in [1.29, 1.82) is 0 Å². The third kappa shape index (κ3) is 6.06. The first-order valence-electron chi connectivity index (χ1n) is 12.6. The van der Waals surface area contributed by atoms with E-state index in [1.807, 2.05) is 11.1 Å². The molecule has 3 N–H and O–H groups in total. The molecule has 2 aromatic carbocycles. The number of unbranched alkanes of at least 4 members (excludes halogenated alkanes) is 3. The van der Waals surface area contributed by atoms with Gasteiger partial charge in [-0.25, -0.2) is 5.48 Å². The standard InChI is InChI=1S/C28H35N3O3/c32-27(30-34)10-6-1-2-7-19-31(28(33)23-8-4-3-5-9-23)25-15-13-21(14-16-25)24-12-11-22-17-18-29-26(22)20-24/h11-18,20,23,29,34H,1-10,19H2,(H,30,32). The average Bonchev–Trinajstić information content (AvgIpc) is 3.36. The highest BCUT2D eigenvalue weighted by atomic mass is 16.5. The topological polar surface area (TPSA) is 85.4 Å². The number of rotatable bonds is 10. The molecule has 3 aromatic rings. The first kappa shape index (κ1) is 24.0. The van der Waals surface area contributed by atoms with Crippen molar-refractivity contribution in [3.63, 3.8) is 0 Å². The van der Waals surface area contributed by atoms with Gasteiger partial charge in [0.1, 0.15) is 0 Å². The third-order valence-corrected chi connectivity index (χ3v) is 6.95. The number of hydroxylamine groups is 1. The Morgan fingerprint density at radius 3 is 2.41 bits per heavy atom. The molecule has 1 fully saturated rings. The molecule has 1 aromatic heterocycles. The van der Waals surface area contributed by atoms with E-state index < -0.39 is 0 Å². The quantitative estimate of drug-likeness (QED) is 0.191. The summed E-state index contributed by atoms with van der Waals surface area (Å²) in [4.78, 5) is 29.9. The predicted molar refractivity (Wildman–Crippen MR) is 136 cm³/mol. The van der Waals surface area contributed by atoms with Gasteiger partial charge in [-0.3, -0.25) is 14.8 Å². The summed E-state index contributed by atoms with van der Waals surface area (Å²) < 4.78 is 0. The molecular weight excluding hydrogens is 426 g/mol. The van der Waals surface area contributed by atoms with Crippen LogP contribution in [0.25, 0.3) is 22.0 Å². The van der Waals surface area contributed by atoms with Gasteiger partial charge in [0, 0.05) is 36.3 Å². The van der Waals surface area contributed by atoms with Crippen LogP contribution in [0.1, 0.15) is 64.2 Å². The summed E-state index contributed by atoms with van der Waals surface area (Å²) in [6.07, 6.45) is 11.2. The van der Waals surface area contributed by atoms with E-state index in [-0.39, 0.29) is 17.7 Å². The average molecular weight is 462 g/mol. The Hall–Kier alpha value is -3.12. The molecule has 0 saturated heterocycles. The zero-order chi connectivity index (χ0) is 23.8. The van der Waals surface area contributed by atoms with E-state index in [0.717, 1.165) is 73.7 Å². The molecule has 0 unspecified atom stereocenters. The van der Waals surface area contributed by atoms with Gasteiger partial charge in [-0.15, -0.1) is 0 Å². The van der Waals surface area contributed by atoms with E-state index in [1.165, 1.54) is 11.8 Å². The fourth-order valence-corrected chi connectivity index (χ4v) is 4.96.